The topological polar surface area (TPSA) is 46.9 Å². The molecular weight excluding hydrogens is 295 g/mol. The van der Waals surface area contributed by atoms with Gasteiger partial charge in [0.05, 0.1) is 11.9 Å². The minimum absolute atomic E-state index is 0.0441. The summed E-state index contributed by atoms with van der Waals surface area (Å²) in [4.78, 5) is 11.8. The number of anilines is 1. The summed E-state index contributed by atoms with van der Waals surface area (Å²) >= 11 is 0. The first-order valence-electron chi connectivity index (χ1n) is 6.89. The molecule has 1 aliphatic rings. The van der Waals surface area contributed by atoms with E-state index in [1.165, 1.54) is 12.1 Å². The number of hydrogen-bond donors (Lipinski definition) is 1. The molecule has 0 radical (unpaired) electrons. The number of carbonyl (C=O) groups excluding carboxylic acids is 1. The Kier molecular flexibility index (Phi) is 3.42. The number of rotatable bonds is 3. The van der Waals surface area contributed by atoms with Crippen molar-refractivity contribution < 1.29 is 18.0 Å². The first-order chi connectivity index (χ1) is 10.4. The smallest absolute Gasteiger partial charge is 0.326 e. The summed E-state index contributed by atoms with van der Waals surface area (Å²) in [5, 5.41) is 6.46. The second-order valence-electron chi connectivity index (χ2n) is 5.48. The van der Waals surface area contributed by atoms with Crippen LogP contribution in [0.4, 0.5) is 18.9 Å². The lowest BCUT2D eigenvalue weighted by Crippen LogP contribution is -2.15. The Morgan fingerprint density at radius 2 is 1.91 bits per heavy atom. The maximum atomic E-state index is 12.8. The molecule has 1 aromatic heterocycles. The molecule has 1 amide bonds. The molecule has 7 heteroatoms. The Morgan fingerprint density at radius 3 is 2.45 bits per heavy atom. The average molecular weight is 309 g/mol. The van der Waals surface area contributed by atoms with Crippen LogP contribution in [0.15, 0.2) is 36.5 Å². The van der Waals surface area contributed by atoms with Gasteiger partial charge in [-0.1, -0.05) is 6.92 Å². The van der Waals surface area contributed by atoms with Crippen molar-refractivity contribution in [1.29, 1.82) is 0 Å². The second kappa shape index (κ2) is 5.15. The molecule has 3 rings (SSSR count). The number of amides is 1. The van der Waals surface area contributed by atoms with E-state index in [0.29, 0.717) is 11.6 Å². The normalized spacial score (nSPS) is 20.7. The van der Waals surface area contributed by atoms with Crippen LogP contribution in [0.2, 0.25) is 0 Å². The number of nitrogens with one attached hydrogen (secondary N) is 1. The average Bonchev–Trinajstić information content (AvgIpc) is 2.99. The van der Waals surface area contributed by atoms with Crippen molar-refractivity contribution in [1.82, 2.24) is 9.78 Å². The number of aromatic nitrogens is 2. The van der Waals surface area contributed by atoms with Crippen molar-refractivity contribution in [2.24, 2.45) is 11.8 Å². The number of nitrogens with zero attached hydrogens (tertiary/aromatic N) is 2. The SMILES string of the molecule is C[C@H]1C[C@@H]1C(=O)Nc1ccc(-n2nccc2C(F)(F)F)cc1. The third-order valence-electron chi connectivity index (χ3n) is 3.76. The molecule has 0 spiro atoms. The first-order valence-corrected chi connectivity index (χ1v) is 6.89. The molecule has 2 atom stereocenters. The van der Waals surface area contributed by atoms with E-state index in [1.54, 1.807) is 12.1 Å². The highest BCUT2D eigenvalue weighted by atomic mass is 19.4. The molecule has 1 aromatic carbocycles. The zero-order valence-corrected chi connectivity index (χ0v) is 11.8. The quantitative estimate of drug-likeness (QED) is 0.943. The van der Waals surface area contributed by atoms with E-state index < -0.39 is 11.9 Å². The van der Waals surface area contributed by atoms with Gasteiger partial charge in [0, 0.05) is 11.6 Å². The fourth-order valence-corrected chi connectivity index (χ4v) is 2.33. The van der Waals surface area contributed by atoms with Crippen LogP contribution in [0.1, 0.15) is 19.0 Å². The molecule has 0 bridgehead atoms. The Bertz CT molecular complexity index is 691. The summed E-state index contributed by atoms with van der Waals surface area (Å²) in [6, 6.07) is 7.05. The van der Waals surface area contributed by atoms with E-state index in [1.807, 2.05) is 6.92 Å². The minimum atomic E-state index is -4.47. The third-order valence-corrected chi connectivity index (χ3v) is 3.76. The van der Waals surface area contributed by atoms with Crippen LogP contribution in [-0.4, -0.2) is 15.7 Å². The number of benzene rings is 1. The van der Waals surface area contributed by atoms with Crippen molar-refractivity contribution >= 4 is 11.6 Å². The predicted octanol–water partition coefficient (Wildman–Crippen LogP) is 3.49. The van der Waals surface area contributed by atoms with Gasteiger partial charge in [-0.25, -0.2) is 4.68 Å². The van der Waals surface area contributed by atoms with E-state index >= 15 is 0 Å². The van der Waals surface area contributed by atoms with Crippen LogP contribution >= 0.6 is 0 Å². The molecular formula is C15H14F3N3O. The van der Waals surface area contributed by atoms with Crippen LogP contribution in [0.3, 0.4) is 0 Å². The number of halogens is 3. The van der Waals surface area contributed by atoms with E-state index in [-0.39, 0.29) is 17.5 Å². The van der Waals surface area contributed by atoms with Gasteiger partial charge in [0.15, 0.2) is 0 Å². The zero-order chi connectivity index (χ0) is 15.9. The van der Waals surface area contributed by atoms with E-state index in [2.05, 4.69) is 10.4 Å². The lowest BCUT2D eigenvalue weighted by atomic mass is 10.2. The van der Waals surface area contributed by atoms with Crippen LogP contribution in [0.25, 0.3) is 5.69 Å². The first kappa shape index (κ1) is 14.6. The van der Waals surface area contributed by atoms with E-state index in [0.717, 1.165) is 23.4 Å². The lowest BCUT2D eigenvalue weighted by Gasteiger charge is -2.11. The minimum Gasteiger partial charge on any atom is -0.326 e. The van der Waals surface area contributed by atoms with Gasteiger partial charge in [-0.05, 0) is 42.7 Å². The molecule has 0 aliphatic heterocycles. The summed E-state index contributed by atoms with van der Waals surface area (Å²) in [7, 11) is 0. The summed E-state index contributed by atoms with van der Waals surface area (Å²) in [5.74, 6) is 0.399. The standard InChI is InChI=1S/C15H14F3N3O/c1-9-8-12(9)14(22)20-10-2-4-11(5-3-10)21-13(6-7-19-21)15(16,17)18/h2-7,9,12H,8H2,1H3,(H,20,22)/t9-,12-/m0/s1. The molecule has 0 unspecified atom stereocenters. The largest absolute Gasteiger partial charge is 0.433 e. The van der Waals surface area contributed by atoms with Gasteiger partial charge in [0.25, 0.3) is 0 Å². The van der Waals surface area contributed by atoms with Gasteiger partial charge in [-0.2, -0.15) is 18.3 Å². The van der Waals surface area contributed by atoms with Crippen molar-refractivity contribution in [2.75, 3.05) is 5.32 Å². The molecule has 22 heavy (non-hydrogen) atoms. The van der Waals surface area contributed by atoms with Crippen molar-refractivity contribution in [3.05, 3.63) is 42.2 Å². The highest BCUT2D eigenvalue weighted by Gasteiger charge is 2.39. The van der Waals surface area contributed by atoms with Gasteiger partial charge >= 0.3 is 6.18 Å². The second-order valence-corrected chi connectivity index (χ2v) is 5.48. The molecule has 0 saturated heterocycles. The Labute approximate surface area is 124 Å². The van der Waals surface area contributed by atoms with Crippen LogP contribution in [-0.2, 0) is 11.0 Å². The third kappa shape index (κ3) is 2.84. The maximum Gasteiger partial charge on any atom is 0.433 e. The predicted molar refractivity (Wildman–Crippen MR) is 74.5 cm³/mol. The molecule has 1 N–H and O–H groups in total. The van der Waals surface area contributed by atoms with Crippen LogP contribution < -0.4 is 5.32 Å². The van der Waals surface area contributed by atoms with E-state index in [9.17, 15) is 18.0 Å². The number of hydrogen-bond acceptors (Lipinski definition) is 2. The fourth-order valence-electron chi connectivity index (χ4n) is 2.33. The lowest BCUT2D eigenvalue weighted by molar-refractivity contribution is -0.142. The van der Waals surface area contributed by atoms with E-state index in [4.69, 9.17) is 0 Å². The van der Waals surface area contributed by atoms with Crippen molar-refractivity contribution in [3.8, 4) is 5.69 Å². The van der Waals surface area contributed by atoms with Gasteiger partial charge in [-0.3, -0.25) is 4.79 Å². The van der Waals surface area contributed by atoms with Crippen molar-refractivity contribution in [2.45, 2.75) is 19.5 Å². The van der Waals surface area contributed by atoms with Crippen molar-refractivity contribution in [3.63, 3.8) is 0 Å². The number of alkyl halides is 3. The molecule has 4 nitrogen and oxygen atoms in total. The molecule has 116 valence electrons. The molecule has 1 heterocycles. The fraction of sp³-hybridized carbons (Fsp3) is 0.333. The molecule has 1 aliphatic carbocycles. The Morgan fingerprint density at radius 1 is 1.27 bits per heavy atom. The molecule has 1 fully saturated rings. The number of carbonyl (C=O) groups is 1. The highest BCUT2D eigenvalue weighted by Crippen LogP contribution is 2.38. The summed E-state index contributed by atoms with van der Waals surface area (Å²) < 4.78 is 39.3. The van der Waals surface area contributed by atoms with Gasteiger partial charge in [0.2, 0.25) is 5.91 Å². The van der Waals surface area contributed by atoms with Gasteiger partial charge in [-0.15, -0.1) is 0 Å². The van der Waals surface area contributed by atoms with Crippen LogP contribution in [0.5, 0.6) is 0 Å². The Balaban J connectivity index is 1.77. The summed E-state index contributed by atoms with van der Waals surface area (Å²) in [6.45, 7) is 2.00. The summed E-state index contributed by atoms with van der Waals surface area (Å²) in [5.41, 5.74) is 0.0137. The maximum absolute atomic E-state index is 12.8. The van der Waals surface area contributed by atoms with Crippen LogP contribution in [0, 0.1) is 11.8 Å². The highest BCUT2D eigenvalue weighted by molar-refractivity contribution is 5.94. The molecule has 1 saturated carbocycles. The van der Waals surface area contributed by atoms with Gasteiger partial charge < -0.3 is 5.32 Å². The summed E-state index contributed by atoms with van der Waals surface area (Å²) in [6.07, 6.45) is -2.48. The van der Waals surface area contributed by atoms with Gasteiger partial charge in [0.1, 0.15) is 5.69 Å². The zero-order valence-electron chi connectivity index (χ0n) is 11.8. The molecule has 2 aromatic rings. The Hall–Kier alpha value is -2.31. The monoisotopic (exact) mass is 309 g/mol.